The lowest BCUT2D eigenvalue weighted by Crippen LogP contribution is -2.43. The Labute approximate surface area is 105 Å². The lowest BCUT2D eigenvalue weighted by molar-refractivity contribution is 0.333. The SMILES string of the molecule is C#CCC(CC)NC1CCCC(S(C)(=O)=O)C1. The third-order valence-electron chi connectivity index (χ3n) is 3.56. The summed E-state index contributed by atoms with van der Waals surface area (Å²) in [6.07, 6.45) is 12.0. The molecule has 0 aromatic heterocycles. The van der Waals surface area contributed by atoms with Crippen molar-refractivity contribution in [1.82, 2.24) is 5.32 Å². The molecule has 0 heterocycles. The van der Waals surface area contributed by atoms with Crippen LogP contribution in [-0.4, -0.2) is 32.0 Å². The van der Waals surface area contributed by atoms with Gasteiger partial charge in [0.2, 0.25) is 0 Å². The maximum atomic E-state index is 11.6. The summed E-state index contributed by atoms with van der Waals surface area (Å²) in [5, 5.41) is 3.33. The Hall–Kier alpha value is -0.530. The quantitative estimate of drug-likeness (QED) is 0.763. The second kappa shape index (κ2) is 6.42. The van der Waals surface area contributed by atoms with E-state index < -0.39 is 9.84 Å². The van der Waals surface area contributed by atoms with Crippen molar-refractivity contribution in [2.24, 2.45) is 0 Å². The largest absolute Gasteiger partial charge is 0.310 e. The van der Waals surface area contributed by atoms with Crippen molar-refractivity contribution in [3.63, 3.8) is 0 Å². The predicted molar refractivity (Wildman–Crippen MR) is 71.6 cm³/mol. The van der Waals surface area contributed by atoms with E-state index in [1.54, 1.807) is 0 Å². The molecule has 1 N–H and O–H groups in total. The van der Waals surface area contributed by atoms with Crippen molar-refractivity contribution < 1.29 is 8.42 Å². The van der Waals surface area contributed by atoms with E-state index in [4.69, 9.17) is 6.42 Å². The molecule has 4 heteroatoms. The number of rotatable bonds is 5. The zero-order valence-electron chi connectivity index (χ0n) is 10.8. The fourth-order valence-corrected chi connectivity index (χ4v) is 3.66. The van der Waals surface area contributed by atoms with Crippen molar-refractivity contribution in [3.8, 4) is 12.3 Å². The molecule has 0 amide bonds. The first-order valence-corrected chi connectivity index (χ1v) is 8.31. The lowest BCUT2D eigenvalue weighted by Gasteiger charge is -2.31. The van der Waals surface area contributed by atoms with Gasteiger partial charge in [0, 0.05) is 24.8 Å². The van der Waals surface area contributed by atoms with Crippen LogP contribution in [-0.2, 0) is 9.84 Å². The van der Waals surface area contributed by atoms with Gasteiger partial charge in [-0.25, -0.2) is 8.42 Å². The van der Waals surface area contributed by atoms with Gasteiger partial charge in [0.25, 0.3) is 0 Å². The van der Waals surface area contributed by atoms with Crippen LogP contribution < -0.4 is 5.32 Å². The van der Waals surface area contributed by atoms with Gasteiger partial charge in [-0.05, 0) is 25.7 Å². The molecule has 1 aliphatic carbocycles. The van der Waals surface area contributed by atoms with Crippen molar-refractivity contribution in [3.05, 3.63) is 0 Å². The van der Waals surface area contributed by atoms with Gasteiger partial charge in [0.05, 0.1) is 5.25 Å². The molecule has 3 nitrogen and oxygen atoms in total. The average molecular weight is 257 g/mol. The second-order valence-electron chi connectivity index (χ2n) is 5.00. The minimum absolute atomic E-state index is 0.169. The molecule has 0 spiro atoms. The number of nitrogens with one attached hydrogen (secondary N) is 1. The fraction of sp³-hybridized carbons (Fsp3) is 0.846. The molecule has 0 bridgehead atoms. The van der Waals surface area contributed by atoms with Crippen molar-refractivity contribution in [1.29, 1.82) is 0 Å². The van der Waals surface area contributed by atoms with Crippen LogP contribution in [0, 0.1) is 12.3 Å². The first-order chi connectivity index (χ1) is 7.97. The Morgan fingerprint density at radius 1 is 1.47 bits per heavy atom. The molecule has 98 valence electrons. The summed E-state index contributed by atoms with van der Waals surface area (Å²) in [4.78, 5) is 0. The molecule has 0 aromatic carbocycles. The Morgan fingerprint density at radius 2 is 2.18 bits per heavy atom. The summed E-state index contributed by atoms with van der Waals surface area (Å²) in [7, 11) is -2.89. The topological polar surface area (TPSA) is 46.2 Å². The number of hydrogen-bond donors (Lipinski definition) is 1. The molecule has 1 aliphatic rings. The molecular weight excluding hydrogens is 234 g/mol. The van der Waals surface area contributed by atoms with Crippen LogP contribution in [0.5, 0.6) is 0 Å². The Morgan fingerprint density at radius 3 is 2.71 bits per heavy atom. The van der Waals surface area contributed by atoms with E-state index in [0.717, 1.165) is 38.5 Å². The number of hydrogen-bond acceptors (Lipinski definition) is 3. The van der Waals surface area contributed by atoms with E-state index in [1.807, 2.05) is 0 Å². The van der Waals surface area contributed by atoms with Crippen molar-refractivity contribution in [2.75, 3.05) is 6.26 Å². The number of terminal acetylenes is 1. The average Bonchev–Trinajstić information content (AvgIpc) is 2.28. The minimum atomic E-state index is -2.89. The summed E-state index contributed by atoms with van der Waals surface area (Å²) < 4.78 is 23.1. The molecule has 0 saturated heterocycles. The van der Waals surface area contributed by atoms with E-state index >= 15 is 0 Å². The van der Waals surface area contributed by atoms with Crippen LogP contribution in [0.4, 0.5) is 0 Å². The highest BCUT2D eigenvalue weighted by atomic mass is 32.2. The van der Waals surface area contributed by atoms with E-state index in [9.17, 15) is 8.42 Å². The minimum Gasteiger partial charge on any atom is -0.310 e. The van der Waals surface area contributed by atoms with Crippen LogP contribution in [0.25, 0.3) is 0 Å². The smallest absolute Gasteiger partial charge is 0.150 e. The molecule has 3 atom stereocenters. The monoisotopic (exact) mass is 257 g/mol. The summed E-state index contributed by atoms with van der Waals surface area (Å²) in [6, 6.07) is 0.630. The van der Waals surface area contributed by atoms with Gasteiger partial charge in [-0.1, -0.05) is 13.3 Å². The van der Waals surface area contributed by atoms with Crippen LogP contribution >= 0.6 is 0 Å². The van der Waals surface area contributed by atoms with Gasteiger partial charge in [-0.3, -0.25) is 0 Å². The van der Waals surface area contributed by atoms with Gasteiger partial charge < -0.3 is 5.32 Å². The third kappa shape index (κ3) is 4.69. The molecule has 0 aromatic rings. The maximum Gasteiger partial charge on any atom is 0.150 e. The standard InChI is InChI=1S/C13H23NO2S/c1-4-7-11(5-2)14-12-8-6-9-13(10-12)17(3,15)16/h1,11-14H,5-10H2,2-3H3. The molecule has 1 fully saturated rings. The Balaban J connectivity index is 2.53. The first-order valence-electron chi connectivity index (χ1n) is 6.35. The van der Waals surface area contributed by atoms with Crippen LogP contribution in [0.2, 0.25) is 0 Å². The highest BCUT2D eigenvalue weighted by Crippen LogP contribution is 2.24. The molecular formula is C13H23NO2S. The van der Waals surface area contributed by atoms with Crippen LogP contribution in [0.3, 0.4) is 0 Å². The van der Waals surface area contributed by atoms with Crippen molar-refractivity contribution >= 4 is 9.84 Å². The lowest BCUT2D eigenvalue weighted by atomic mass is 9.94. The van der Waals surface area contributed by atoms with Crippen LogP contribution in [0.15, 0.2) is 0 Å². The van der Waals surface area contributed by atoms with Gasteiger partial charge in [-0.15, -0.1) is 12.3 Å². The summed E-state index contributed by atoms with van der Waals surface area (Å²) >= 11 is 0. The third-order valence-corrected chi connectivity index (χ3v) is 5.20. The van der Waals surface area contributed by atoms with Gasteiger partial charge >= 0.3 is 0 Å². The van der Waals surface area contributed by atoms with Gasteiger partial charge in [-0.2, -0.15) is 0 Å². The zero-order chi connectivity index (χ0) is 12.9. The highest BCUT2D eigenvalue weighted by Gasteiger charge is 2.29. The van der Waals surface area contributed by atoms with Gasteiger partial charge in [0.15, 0.2) is 0 Å². The Bertz CT molecular complexity index is 369. The molecule has 17 heavy (non-hydrogen) atoms. The molecule has 1 saturated carbocycles. The molecule has 1 rings (SSSR count). The van der Waals surface area contributed by atoms with E-state index in [2.05, 4.69) is 18.2 Å². The fourth-order valence-electron chi connectivity index (χ4n) is 2.48. The number of sulfone groups is 1. The molecule has 0 radical (unpaired) electrons. The predicted octanol–water partition coefficient (Wildman–Crippen LogP) is 1.73. The van der Waals surface area contributed by atoms with Crippen LogP contribution in [0.1, 0.15) is 45.4 Å². The summed E-state index contributed by atoms with van der Waals surface area (Å²) in [6.45, 7) is 2.10. The molecule has 3 unspecified atom stereocenters. The van der Waals surface area contributed by atoms with E-state index in [1.165, 1.54) is 6.26 Å². The zero-order valence-corrected chi connectivity index (χ0v) is 11.6. The normalized spacial score (nSPS) is 27.4. The van der Waals surface area contributed by atoms with Crippen molar-refractivity contribution in [2.45, 2.75) is 62.8 Å². The highest BCUT2D eigenvalue weighted by molar-refractivity contribution is 7.91. The second-order valence-corrected chi connectivity index (χ2v) is 7.32. The van der Waals surface area contributed by atoms with Gasteiger partial charge in [0.1, 0.15) is 9.84 Å². The summed E-state index contributed by atoms with van der Waals surface area (Å²) in [5.41, 5.74) is 0. The Kier molecular flexibility index (Phi) is 5.48. The first kappa shape index (κ1) is 14.5. The molecule has 0 aliphatic heterocycles. The maximum absolute atomic E-state index is 11.6. The van der Waals surface area contributed by atoms with E-state index in [0.29, 0.717) is 12.1 Å². The summed E-state index contributed by atoms with van der Waals surface area (Å²) in [5.74, 6) is 2.67. The van der Waals surface area contributed by atoms with E-state index in [-0.39, 0.29) is 5.25 Å².